The number of guanidine groups is 1. The predicted molar refractivity (Wildman–Crippen MR) is 119 cm³/mol. The van der Waals surface area contributed by atoms with E-state index >= 15 is 0 Å². The Morgan fingerprint density at radius 2 is 1.92 bits per heavy atom. The Bertz CT molecular complexity index is 416. The second kappa shape index (κ2) is 14.5. The quantitative estimate of drug-likeness (QED) is 0.230. The van der Waals surface area contributed by atoms with Crippen molar-refractivity contribution >= 4 is 35.8 Å². The molecule has 1 rings (SSSR count). The van der Waals surface area contributed by atoms with Crippen LogP contribution in [0.25, 0.3) is 0 Å². The highest BCUT2D eigenvalue weighted by Gasteiger charge is 2.22. The van der Waals surface area contributed by atoms with E-state index in [-0.39, 0.29) is 36.4 Å². The van der Waals surface area contributed by atoms with Gasteiger partial charge in [0.15, 0.2) is 5.96 Å². The van der Waals surface area contributed by atoms with Crippen molar-refractivity contribution in [3.05, 3.63) is 0 Å². The van der Waals surface area contributed by atoms with Gasteiger partial charge in [-0.2, -0.15) is 0 Å². The molecule has 1 saturated carbocycles. The molecule has 0 bridgehead atoms. The first kappa shape index (κ1) is 25.4. The van der Waals surface area contributed by atoms with E-state index in [0.717, 1.165) is 25.4 Å². The third kappa shape index (κ3) is 11.2. The fourth-order valence-corrected chi connectivity index (χ4v) is 2.81. The second-order valence-corrected chi connectivity index (χ2v) is 7.69. The van der Waals surface area contributed by atoms with Crippen LogP contribution in [0.15, 0.2) is 4.99 Å². The fourth-order valence-electron chi connectivity index (χ4n) is 2.81. The SMILES string of the molecule is CC(C)CCOCCNC(=NCC(=O)N(C)C)NC1CCCCC1C.I. The summed E-state index contributed by atoms with van der Waals surface area (Å²) in [6.45, 7) is 8.98. The number of hydrogen-bond acceptors (Lipinski definition) is 3. The van der Waals surface area contributed by atoms with Crippen LogP contribution in [0.5, 0.6) is 0 Å². The molecule has 0 aliphatic heterocycles. The number of hydrogen-bond donors (Lipinski definition) is 2. The van der Waals surface area contributed by atoms with Crippen molar-refractivity contribution in [1.82, 2.24) is 15.5 Å². The highest BCUT2D eigenvalue weighted by Crippen LogP contribution is 2.23. The zero-order chi connectivity index (χ0) is 18.7. The second-order valence-electron chi connectivity index (χ2n) is 7.69. The zero-order valence-electron chi connectivity index (χ0n) is 17.2. The standard InChI is InChI=1S/C19H38N4O2.HI/c1-15(2)10-12-25-13-11-20-19(21-14-18(24)23(4)5)22-17-9-7-6-8-16(17)3;/h15-17H,6-14H2,1-5H3,(H2,20,21,22);1H. The first-order valence-electron chi connectivity index (χ1n) is 9.73. The Kier molecular flexibility index (Phi) is 14.2. The molecular formula is C19H39IN4O2. The molecule has 0 aromatic heterocycles. The van der Waals surface area contributed by atoms with Crippen molar-refractivity contribution in [2.45, 2.75) is 58.9 Å². The van der Waals surface area contributed by atoms with E-state index in [1.165, 1.54) is 19.3 Å². The van der Waals surface area contributed by atoms with E-state index in [9.17, 15) is 4.79 Å². The molecule has 0 radical (unpaired) electrons. The molecular weight excluding hydrogens is 443 g/mol. The minimum absolute atomic E-state index is 0. The largest absolute Gasteiger partial charge is 0.380 e. The molecule has 0 saturated heterocycles. The summed E-state index contributed by atoms with van der Waals surface area (Å²) >= 11 is 0. The molecule has 0 aromatic rings. The van der Waals surface area contributed by atoms with Gasteiger partial charge in [-0.1, -0.05) is 33.6 Å². The lowest BCUT2D eigenvalue weighted by Gasteiger charge is -2.31. The smallest absolute Gasteiger partial charge is 0.243 e. The summed E-state index contributed by atoms with van der Waals surface area (Å²) in [6, 6.07) is 0.427. The average molecular weight is 482 g/mol. The third-order valence-corrected chi connectivity index (χ3v) is 4.68. The molecule has 26 heavy (non-hydrogen) atoms. The Morgan fingerprint density at radius 1 is 1.23 bits per heavy atom. The van der Waals surface area contributed by atoms with E-state index in [2.05, 4.69) is 36.4 Å². The molecule has 2 atom stereocenters. The highest BCUT2D eigenvalue weighted by atomic mass is 127. The molecule has 0 heterocycles. The monoisotopic (exact) mass is 482 g/mol. The van der Waals surface area contributed by atoms with Crippen LogP contribution in [-0.2, 0) is 9.53 Å². The van der Waals surface area contributed by atoms with Gasteiger partial charge in [-0.25, -0.2) is 4.99 Å². The van der Waals surface area contributed by atoms with Crippen LogP contribution in [0.3, 0.4) is 0 Å². The van der Waals surface area contributed by atoms with Crippen molar-refractivity contribution in [2.75, 3.05) is 40.4 Å². The Morgan fingerprint density at radius 3 is 2.54 bits per heavy atom. The van der Waals surface area contributed by atoms with E-state index in [1.54, 1.807) is 19.0 Å². The van der Waals surface area contributed by atoms with Crippen LogP contribution >= 0.6 is 24.0 Å². The maximum absolute atomic E-state index is 11.8. The highest BCUT2D eigenvalue weighted by molar-refractivity contribution is 14.0. The molecule has 0 spiro atoms. The Labute approximate surface area is 176 Å². The number of carbonyl (C=O) groups excluding carboxylic acids is 1. The third-order valence-electron chi connectivity index (χ3n) is 4.68. The summed E-state index contributed by atoms with van der Waals surface area (Å²) in [4.78, 5) is 17.9. The van der Waals surface area contributed by atoms with Crippen molar-refractivity contribution in [3.8, 4) is 0 Å². The zero-order valence-corrected chi connectivity index (χ0v) is 19.5. The number of rotatable bonds is 9. The normalized spacial score (nSPS) is 20.5. The molecule has 7 heteroatoms. The van der Waals surface area contributed by atoms with Gasteiger partial charge < -0.3 is 20.3 Å². The lowest BCUT2D eigenvalue weighted by atomic mass is 9.86. The Hall–Kier alpha value is -0.570. The molecule has 1 fully saturated rings. The number of halogens is 1. The van der Waals surface area contributed by atoms with Crippen LogP contribution in [0.1, 0.15) is 52.9 Å². The van der Waals surface area contributed by atoms with Crippen molar-refractivity contribution < 1.29 is 9.53 Å². The van der Waals surface area contributed by atoms with E-state index in [1.807, 2.05) is 0 Å². The summed E-state index contributed by atoms with van der Waals surface area (Å²) in [5.74, 6) is 2.02. The van der Waals surface area contributed by atoms with Gasteiger partial charge in [0.05, 0.1) is 6.61 Å². The molecule has 2 unspecified atom stereocenters. The first-order valence-corrected chi connectivity index (χ1v) is 9.73. The van der Waals surface area contributed by atoms with Gasteiger partial charge in [-0.15, -0.1) is 24.0 Å². The van der Waals surface area contributed by atoms with E-state index in [4.69, 9.17) is 4.74 Å². The minimum atomic E-state index is 0. The lowest BCUT2D eigenvalue weighted by molar-refractivity contribution is -0.127. The van der Waals surface area contributed by atoms with Crippen molar-refractivity contribution in [2.24, 2.45) is 16.8 Å². The maximum atomic E-state index is 11.8. The fraction of sp³-hybridized carbons (Fsp3) is 0.895. The number of ether oxygens (including phenoxy) is 1. The molecule has 2 N–H and O–H groups in total. The van der Waals surface area contributed by atoms with Gasteiger partial charge in [0.2, 0.25) is 5.91 Å². The van der Waals surface area contributed by atoms with Crippen LogP contribution in [0.2, 0.25) is 0 Å². The topological polar surface area (TPSA) is 66.0 Å². The maximum Gasteiger partial charge on any atom is 0.243 e. The van der Waals surface area contributed by atoms with Gasteiger partial charge in [-0.05, 0) is 31.1 Å². The first-order chi connectivity index (χ1) is 11.9. The van der Waals surface area contributed by atoms with Crippen LogP contribution in [0, 0.1) is 11.8 Å². The number of nitrogens with one attached hydrogen (secondary N) is 2. The van der Waals surface area contributed by atoms with Crippen molar-refractivity contribution in [1.29, 1.82) is 0 Å². The van der Waals surface area contributed by atoms with Gasteiger partial charge in [0.1, 0.15) is 6.54 Å². The van der Waals surface area contributed by atoms with Gasteiger partial charge in [-0.3, -0.25) is 4.79 Å². The lowest BCUT2D eigenvalue weighted by Crippen LogP contribution is -2.48. The number of aliphatic imine (C=N–C) groups is 1. The minimum Gasteiger partial charge on any atom is -0.380 e. The summed E-state index contributed by atoms with van der Waals surface area (Å²) in [5.41, 5.74) is 0. The van der Waals surface area contributed by atoms with Gasteiger partial charge in [0.25, 0.3) is 0 Å². The van der Waals surface area contributed by atoms with Crippen molar-refractivity contribution in [3.63, 3.8) is 0 Å². The van der Waals surface area contributed by atoms with Crippen LogP contribution < -0.4 is 10.6 Å². The van der Waals surface area contributed by atoms with E-state index in [0.29, 0.717) is 31.0 Å². The molecule has 0 aromatic carbocycles. The average Bonchev–Trinajstić information content (AvgIpc) is 2.56. The predicted octanol–water partition coefficient (Wildman–Crippen LogP) is 2.87. The molecule has 1 aliphatic rings. The molecule has 1 aliphatic carbocycles. The Balaban J connectivity index is 0.00000625. The van der Waals surface area contributed by atoms with Gasteiger partial charge >= 0.3 is 0 Å². The van der Waals surface area contributed by atoms with Gasteiger partial charge in [0, 0.05) is 33.3 Å². The van der Waals surface area contributed by atoms with E-state index < -0.39 is 0 Å². The summed E-state index contributed by atoms with van der Waals surface area (Å²) < 4.78 is 5.65. The molecule has 154 valence electrons. The number of likely N-dealkylation sites (N-methyl/N-ethyl adjacent to an activating group) is 1. The van der Waals surface area contributed by atoms with Crippen LogP contribution in [-0.4, -0.2) is 63.2 Å². The molecule has 1 amide bonds. The summed E-state index contributed by atoms with van der Waals surface area (Å²) in [6.07, 6.45) is 6.05. The number of nitrogens with zero attached hydrogens (tertiary/aromatic N) is 2. The number of amides is 1. The summed E-state index contributed by atoms with van der Waals surface area (Å²) in [5, 5.41) is 6.83. The molecule has 6 nitrogen and oxygen atoms in total. The summed E-state index contributed by atoms with van der Waals surface area (Å²) in [7, 11) is 3.51. The number of carbonyl (C=O) groups is 1. The van der Waals surface area contributed by atoms with Crippen LogP contribution in [0.4, 0.5) is 0 Å².